The maximum atomic E-state index is 12.6. The Bertz CT molecular complexity index is 843. The van der Waals surface area contributed by atoms with Gasteiger partial charge in [0.05, 0.1) is 23.9 Å². The number of para-hydroxylation sites is 1. The minimum atomic E-state index is -2.96. The van der Waals surface area contributed by atoms with Crippen molar-refractivity contribution in [3.05, 3.63) is 58.9 Å². The fourth-order valence-electron chi connectivity index (χ4n) is 2.72. The Morgan fingerprint density at radius 2 is 1.86 bits per heavy atom. The Morgan fingerprint density at radius 1 is 1.14 bits per heavy atom. The Morgan fingerprint density at radius 3 is 2.46 bits per heavy atom. The summed E-state index contributed by atoms with van der Waals surface area (Å²) in [6.07, 6.45) is 0.454. The fourth-order valence-corrected chi connectivity index (χ4v) is 2.72. The molecule has 1 unspecified atom stereocenters. The SMILES string of the molecule is CCOC(=O)c1ccc(C(=O)NC(CC)c2ccccc2OC(F)F)nc1C. The lowest BCUT2D eigenvalue weighted by Crippen LogP contribution is -2.29. The van der Waals surface area contributed by atoms with Gasteiger partial charge in [0, 0.05) is 5.56 Å². The van der Waals surface area contributed by atoms with Crippen molar-refractivity contribution in [3.8, 4) is 5.75 Å². The van der Waals surface area contributed by atoms with Gasteiger partial charge in [-0.15, -0.1) is 0 Å². The molecule has 28 heavy (non-hydrogen) atoms. The van der Waals surface area contributed by atoms with Crippen molar-refractivity contribution in [1.82, 2.24) is 10.3 Å². The number of rotatable bonds is 8. The van der Waals surface area contributed by atoms with E-state index in [9.17, 15) is 18.4 Å². The zero-order chi connectivity index (χ0) is 20.7. The monoisotopic (exact) mass is 392 g/mol. The van der Waals surface area contributed by atoms with Gasteiger partial charge in [0.1, 0.15) is 11.4 Å². The summed E-state index contributed by atoms with van der Waals surface area (Å²) in [6, 6.07) is 8.65. The molecule has 0 fully saturated rings. The highest BCUT2D eigenvalue weighted by Crippen LogP contribution is 2.28. The summed E-state index contributed by atoms with van der Waals surface area (Å²) in [5.74, 6) is -0.993. The van der Waals surface area contributed by atoms with Gasteiger partial charge in [-0.05, 0) is 38.5 Å². The molecule has 1 aromatic heterocycles. The molecule has 1 atom stereocenters. The average Bonchev–Trinajstić information content (AvgIpc) is 2.66. The van der Waals surface area contributed by atoms with Crippen LogP contribution in [0.15, 0.2) is 36.4 Å². The minimum Gasteiger partial charge on any atom is -0.462 e. The number of halogens is 2. The molecule has 0 aliphatic carbocycles. The van der Waals surface area contributed by atoms with Crippen LogP contribution in [0.3, 0.4) is 0 Å². The number of alkyl halides is 2. The van der Waals surface area contributed by atoms with Crippen molar-refractivity contribution in [3.63, 3.8) is 0 Å². The Labute approximate surface area is 161 Å². The first-order valence-corrected chi connectivity index (χ1v) is 8.86. The number of nitrogens with one attached hydrogen (secondary N) is 1. The number of ether oxygens (including phenoxy) is 2. The number of nitrogens with zero attached hydrogens (tertiary/aromatic N) is 1. The summed E-state index contributed by atoms with van der Waals surface area (Å²) < 4.78 is 34.8. The van der Waals surface area contributed by atoms with E-state index in [2.05, 4.69) is 15.0 Å². The second-order valence-electron chi connectivity index (χ2n) is 5.90. The first kappa shape index (κ1) is 21.3. The number of esters is 1. The van der Waals surface area contributed by atoms with Crippen LogP contribution in [0, 0.1) is 6.92 Å². The summed E-state index contributed by atoms with van der Waals surface area (Å²) in [6.45, 7) is 2.38. The van der Waals surface area contributed by atoms with Crippen LogP contribution < -0.4 is 10.1 Å². The van der Waals surface area contributed by atoms with E-state index < -0.39 is 24.5 Å². The van der Waals surface area contributed by atoms with Gasteiger partial charge >= 0.3 is 12.6 Å². The molecule has 6 nitrogen and oxygen atoms in total. The van der Waals surface area contributed by atoms with E-state index in [1.165, 1.54) is 18.2 Å². The number of hydrogen-bond donors (Lipinski definition) is 1. The number of amides is 1. The molecule has 1 heterocycles. The molecule has 1 amide bonds. The summed E-state index contributed by atoms with van der Waals surface area (Å²) >= 11 is 0. The van der Waals surface area contributed by atoms with Crippen LogP contribution in [0.1, 0.15) is 58.4 Å². The third kappa shape index (κ3) is 5.25. The molecular weight excluding hydrogens is 370 g/mol. The standard InChI is InChI=1S/C20H22F2N2O4/c1-4-15(14-8-6-7-9-17(14)28-20(21)22)24-18(25)16-11-10-13(12(3)23-16)19(26)27-5-2/h6-11,15,20H,4-5H2,1-3H3,(H,24,25). The van der Waals surface area contributed by atoms with E-state index in [0.717, 1.165) is 0 Å². The lowest BCUT2D eigenvalue weighted by molar-refractivity contribution is -0.0507. The van der Waals surface area contributed by atoms with Gasteiger partial charge < -0.3 is 14.8 Å². The first-order chi connectivity index (χ1) is 13.4. The van der Waals surface area contributed by atoms with Crippen molar-refractivity contribution in [2.75, 3.05) is 6.61 Å². The van der Waals surface area contributed by atoms with E-state index in [1.807, 2.05) is 6.92 Å². The predicted molar refractivity (Wildman–Crippen MR) is 98.5 cm³/mol. The van der Waals surface area contributed by atoms with E-state index in [4.69, 9.17) is 4.74 Å². The molecule has 1 aromatic carbocycles. The van der Waals surface area contributed by atoms with Gasteiger partial charge in [-0.1, -0.05) is 25.1 Å². The topological polar surface area (TPSA) is 77.5 Å². The quantitative estimate of drug-likeness (QED) is 0.686. The number of carbonyl (C=O) groups is 2. The van der Waals surface area contributed by atoms with Gasteiger partial charge in [0.2, 0.25) is 0 Å². The van der Waals surface area contributed by atoms with E-state index in [-0.39, 0.29) is 23.6 Å². The fraction of sp³-hybridized carbons (Fsp3) is 0.350. The Balaban J connectivity index is 2.21. The largest absolute Gasteiger partial charge is 0.462 e. The van der Waals surface area contributed by atoms with Crippen LogP contribution in [-0.4, -0.2) is 30.1 Å². The van der Waals surface area contributed by atoms with Gasteiger partial charge in [0.25, 0.3) is 5.91 Å². The molecule has 8 heteroatoms. The maximum Gasteiger partial charge on any atom is 0.387 e. The van der Waals surface area contributed by atoms with Crippen LogP contribution in [0.25, 0.3) is 0 Å². The highest BCUT2D eigenvalue weighted by atomic mass is 19.3. The number of aryl methyl sites for hydroxylation is 1. The number of benzene rings is 1. The molecule has 0 radical (unpaired) electrons. The molecule has 0 saturated heterocycles. The highest BCUT2D eigenvalue weighted by Gasteiger charge is 2.21. The van der Waals surface area contributed by atoms with Crippen LogP contribution >= 0.6 is 0 Å². The number of aromatic nitrogens is 1. The van der Waals surface area contributed by atoms with Crippen LogP contribution in [0.2, 0.25) is 0 Å². The summed E-state index contributed by atoms with van der Waals surface area (Å²) in [4.78, 5) is 28.6. The molecule has 2 rings (SSSR count). The van der Waals surface area contributed by atoms with Crippen molar-refractivity contribution in [2.24, 2.45) is 0 Å². The smallest absolute Gasteiger partial charge is 0.387 e. The molecule has 1 N–H and O–H groups in total. The van der Waals surface area contributed by atoms with Crippen molar-refractivity contribution in [1.29, 1.82) is 0 Å². The van der Waals surface area contributed by atoms with Crippen LogP contribution in [0.4, 0.5) is 8.78 Å². The van der Waals surface area contributed by atoms with Gasteiger partial charge in [-0.25, -0.2) is 9.78 Å². The van der Waals surface area contributed by atoms with Crippen molar-refractivity contribution in [2.45, 2.75) is 39.8 Å². The summed E-state index contributed by atoms with van der Waals surface area (Å²) in [5.41, 5.74) is 1.19. The molecule has 0 bridgehead atoms. The average molecular weight is 392 g/mol. The van der Waals surface area contributed by atoms with E-state index in [1.54, 1.807) is 32.0 Å². The lowest BCUT2D eigenvalue weighted by Gasteiger charge is -2.20. The van der Waals surface area contributed by atoms with Gasteiger partial charge in [-0.3, -0.25) is 4.79 Å². The Hall–Kier alpha value is -3.03. The van der Waals surface area contributed by atoms with Crippen LogP contribution in [-0.2, 0) is 4.74 Å². The zero-order valence-corrected chi connectivity index (χ0v) is 15.9. The highest BCUT2D eigenvalue weighted by molar-refractivity contribution is 5.95. The summed E-state index contributed by atoms with van der Waals surface area (Å²) in [5, 5.41) is 2.77. The van der Waals surface area contributed by atoms with E-state index in [0.29, 0.717) is 17.7 Å². The normalized spacial score (nSPS) is 11.8. The van der Waals surface area contributed by atoms with E-state index >= 15 is 0 Å². The van der Waals surface area contributed by atoms with Gasteiger partial charge in [-0.2, -0.15) is 8.78 Å². The first-order valence-electron chi connectivity index (χ1n) is 8.86. The molecule has 0 spiro atoms. The molecule has 0 aliphatic rings. The van der Waals surface area contributed by atoms with Gasteiger partial charge in [0.15, 0.2) is 0 Å². The minimum absolute atomic E-state index is 0.00597. The third-order valence-corrected chi connectivity index (χ3v) is 4.04. The third-order valence-electron chi connectivity index (χ3n) is 4.04. The zero-order valence-electron chi connectivity index (χ0n) is 15.9. The molecule has 0 saturated carbocycles. The number of carbonyl (C=O) groups excluding carboxylic acids is 2. The Kier molecular flexibility index (Phi) is 7.43. The molecule has 150 valence electrons. The predicted octanol–water partition coefficient (Wildman–Crippen LogP) is 4.05. The molecule has 0 aliphatic heterocycles. The van der Waals surface area contributed by atoms with Crippen molar-refractivity contribution >= 4 is 11.9 Å². The number of hydrogen-bond acceptors (Lipinski definition) is 5. The number of pyridine rings is 1. The molecule has 2 aromatic rings. The van der Waals surface area contributed by atoms with Crippen molar-refractivity contribution < 1.29 is 27.8 Å². The van der Waals surface area contributed by atoms with Crippen LogP contribution in [0.5, 0.6) is 5.75 Å². The lowest BCUT2D eigenvalue weighted by atomic mass is 10.0. The maximum absolute atomic E-state index is 12.6. The second-order valence-corrected chi connectivity index (χ2v) is 5.90. The second kappa shape index (κ2) is 9.77. The molecular formula is C20H22F2N2O4. The summed E-state index contributed by atoms with van der Waals surface area (Å²) in [7, 11) is 0.